The molecule has 2 nitrogen and oxygen atoms in total. The maximum atomic E-state index is 13.6. The molecule has 0 bridgehead atoms. The molecule has 1 rings (SSSR count). The smallest absolute Gasteiger partial charge is 0.303 e. The largest absolute Gasteiger partial charge is 0.481 e. The van der Waals surface area contributed by atoms with E-state index in [2.05, 4.69) is 0 Å². The van der Waals surface area contributed by atoms with E-state index in [-0.39, 0.29) is 5.56 Å². The predicted molar refractivity (Wildman–Crippen MR) is 56.9 cm³/mol. The Morgan fingerprint density at radius 3 is 2.59 bits per heavy atom. The highest BCUT2D eigenvalue weighted by Crippen LogP contribution is 2.38. The zero-order valence-corrected chi connectivity index (χ0v) is 9.69. The zero-order valence-electron chi connectivity index (χ0n) is 8.94. The molecule has 0 radical (unpaired) electrons. The summed E-state index contributed by atoms with van der Waals surface area (Å²) in [5.74, 6) is -5.37. The lowest BCUT2D eigenvalue weighted by Crippen LogP contribution is -2.16. The van der Waals surface area contributed by atoms with E-state index in [0.717, 1.165) is 12.1 Å². The Balaban J connectivity index is 3.05. The molecule has 0 atom stereocenters. The number of hydrogen-bond acceptors (Lipinski definition) is 1. The molecule has 0 saturated heterocycles. The molecule has 0 amide bonds. The van der Waals surface area contributed by atoms with E-state index in [9.17, 15) is 18.0 Å². The number of alkyl halides is 2. The summed E-state index contributed by atoms with van der Waals surface area (Å²) >= 11 is 5.53. The van der Waals surface area contributed by atoms with Crippen molar-refractivity contribution in [2.45, 2.75) is 25.7 Å². The van der Waals surface area contributed by atoms with Gasteiger partial charge in [-0.3, -0.25) is 4.79 Å². The average Bonchev–Trinajstić information content (AvgIpc) is 2.20. The fraction of sp³-hybridized carbons (Fsp3) is 0.364. The number of carboxylic acid groups (broad SMARTS) is 1. The number of halogens is 4. The van der Waals surface area contributed by atoms with Crippen molar-refractivity contribution in [1.29, 1.82) is 0 Å². The van der Waals surface area contributed by atoms with Crippen LogP contribution in [0.15, 0.2) is 12.1 Å². The van der Waals surface area contributed by atoms with Crippen LogP contribution in [0.2, 0.25) is 5.02 Å². The first-order chi connectivity index (χ1) is 7.74. The van der Waals surface area contributed by atoms with E-state index in [4.69, 9.17) is 16.7 Å². The van der Waals surface area contributed by atoms with Crippen molar-refractivity contribution in [2.75, 3.05) is 0 Å². The van der Waals surface area contributed by atoms with Crippen LogP contribution in [0.1, 0.15) is 24.0 Å². The molecular weight excluding hydrogens is 257 g/mol. The zero-order chi connectivity index (χ0) is 13.2. The molecule has 1 aromatic carbocycles. The van der Waals surface area contributed by atoms with E-state index in [1.165, 1.54) is 6.92 Å². The Morgan fingerprint density at radius 2 is 2.06 bits per heavy atom. The third kappa shape index (κ3) is 3.36. The molecule has 0 unspecified atom stereocenters. The lowest BCUT2D eigenvalue weighted by Gasteiger charge is -2.18. The van der Waals surface area contributed by atoms with E-state index in [0.29, 0.717) is 0 Å². The van der Waals surface area contributed by atoms with Crippen molar-refractivity contribution in [1.82, 2.24) is 0 Å². The van der Waals surface area contributed by atoms with Gasteiger partial charge in [-0.05, 0) is 24.6 Å². The van der Waals surface area contributed by atoms with E-state index >= 15 is 0 Å². The van der Waals surface area contributed by atoms with Crippen LogP contribution in [-0.2, 0) is 10.7 Å². The second kappa shape index (κ2) is 4.96. The summed E-state index contributed by atoms with van der Waals surface area (Å²) < 4.78 is 40.3. The molecule has 6 heteroatoms. The molecule has 0 aliphatic heterocycles. The van der Waals surface area contributed by atoms with Crippen molar-refractivity contribution in [3.05, 3.63) is 34.1 Å². The van der Waals surface area contributed by atoms with Crippen LogP contribution >= 0.6 is 11.6 Å². The summed E-state index contributed by atoms with van der Waals surface area (Å²) in [7, 11) is 0. The first-order valence-corrected chi connectivity index (χ1v) is 5.17. The van der Waals surface area contributed by atoms with Crippen molar-refractivity contribution >= 4 is 17.6 Å². The van der Waals surface area contributed by atoms with Gasteiger partial charge in [0.25, 0.3) is 5.92 Å². The van der Waals surface area contributed by atoms with Gasteiger partial charge in [0, 0.05) is 12.0 Å². The molecule has 0 aliphatic rings. The van der Waals surface area contributed by atoms with Gasteiger partial charge in [-0.15, -0.1) is 0 Å². The first-order valence-electron chi connectivity index (χ1n) is 4.80. The highest BCUT2D eigenvalue weighted by molar-refractivity contribution is 6.31. The van der Waals surface area contributed by atoms with Crippen LogP contribution in [0.3, 0.4) is 0 Å². The van der Waals surface area contributed by atoms with Crippen molar-refractivity contribution in [2.24, 2.45) is 0 Å². The van der Waals surface area contributed by atoms with E-state index in [1.807, 2.05) is 0 Å². The summed E-state index contributed by atoms with van der Waals surface area (Å²) in [5, 5.41) is 7.97. The summed E-state index contributed by atoms with van der Waals surface area (Å²) in [4.78, 5) is 10.3. The van der Waals surface area contributed by atoms with Crippen molar-refractivity contribution < 1.29 is 23.1 Å². The topological polar surface area (TPSA) is 37.3 Å². The van der Waals surface area contributed by atoms with Gasteiger partial charge in [-0.25, -0.2) is 13.2 Å². The molecule has 0 aliphatic carbocycles. The van der Waals surface area contributed by atoms with Gasteiger partial charge in [0.15, 0.2) is 0 Å². The fourth-order valence-corrected chi connectivity index (χ4v) is 1.62. The molecule has 1 N–H and O–H groups in total. The molecule has 0 saturated carbocycles. The van der Waals surface area contributed by atoms with Gasteiger partial charge in [0.05, 0.1) is 11.4 Å². The van der Waals surface area contributed by atoms with Crippen LogP contribution in [-0.4, -0.2) is 11.1 Å². The van der Waals surface area contributed by atoms with Gasteiger partial charge < -0.3 is 5.11 Å². The number of rotatable bonds is 4. The minimum Gasteiger partial charge on any atom is -0.481 e. The third-order valence-electron chi connectivity index (χ3n) is 2.30. The number of aliphatic carboxylic acids is 1. The molecule has 94 valence electrons. The van der Waals surface area contributed by atoms with Crippen LogP contribution < -0.4 is 0 Å². The highest BCUT2D eigenvalue weighted by atomic mass is 35.5. The van der Waals surface area contributed by atoms with Gasteiger partial charge in [0.1, 0.15) is 5.82 Å². The molecular formula is C11H10ClF3O2. The predicted octanol–water partition coefficient (Wildman–Crippen LogP) is 3.74. The summed E-state index contributed by atoms with van der Waals surface area (Å²) in [6.07, 6.45) is -1.55. The highest BCUT2D eigenvalue weighted by Gasteiger charge is 2.34. The SMILES string of the molecule is Cc1cc(C(F)(F)CCC(=O)O)c(Cl)cc1F. The van der Waals surface area contributed by atoms with Gasteiger partial charge in [-0.1, -0.05) is 11.6 Å². The van der Waals surface area contributed by atoms with Crippen molar-refractivity contribution in [3.8, 4) is 0 Å². The minimum absolute atomic E-state index is 0.0411. The Labute approximate surface area is 101 Å². The maximum Gasteiger partial charge on any atom is 0.303 e. The van der Waals surface area contributed by atoms with Gasteiger partial charge in [-0.2, -0.15) is 0 Å². The number of carboxylic acids is 1. The monoisotopic (exact) mass is 266 g/mol. The van der Waals surface area contributed by atoms with Gasteiger partial charge >= 0.3 is 5.97 Å². The van der Waals surface area contributed by atoms with E-state index in [1.54, 1.807) is 0 Å². The minimum atomic E-state index is -3.38. The Morgan fingerprint density at radius 1 is 1.47 bits per heavy atom. The van der Waals surface area contributed by atoms with Crippen LogP contribution in [0.4, 0.5) is 13.2 Å². The maximum absolute atomic E-state index is 13.6. The Hall–Kier alpha value is -1.23. The number of aryl methyl sites for hydroxylation is 1. The van der Waals surface area contributed by atoms with Crippen LogP contribution in [0, 0.1) is 12.7 Å². The Kier molecular flexibility index (Phi) is 4.03. The van der Waals surface area contributed by atoms with E-state index < -0.39 is 41.1 Å². The number of hydrogen-bond donors (Lipinski definition) is 1. The Bertz CT molecular complexity index is 447. The quantitative estimate of drug-likeness (QED) is 0.901. The summed E-state index contributed by atoms with van der Waals surface area (Å²) in [6, 6.07) is 1.75. The summed E-state index contributed by atoms with van der Waals surface area (Å²) in [5.41, 5.74) is -0.501. The van der Waals surface area contributed by atoms with Crippen LogP contribution in [0.25, 0.3) is 0 Å². The lowest BCUT2D eigenvalue weighted by atomic mass is 10.0. The second-order valence-electron chi connectivity index (χ2n) is 3.68. The molecule has 1 aromatic rings. The third-order valence-corrected chi connectivity index (χ3v) is 2.61. The molecule has 0 fully saturated rings. The average molecular weight is 267 g/mol. The first kappa shape index (κ1) is 13.8. The summed E-state index contributed by atoms with van der Waals surface area (Å²) in [6.45, 7) is 1.34. The molecule has 0 heterocycles. The normalized spacial score (nSPS) is 11.6. The standard InChI is InChI=1S/C11H10ClF3O2/c1-6-4-7(8(12)5-9(6)13)11(14,15)3-2-10(16)17/h4-5H,2-3H2,1H3,(H,16,17). The molecule has 0 aromatic heterocycles. The number of benzene rings is 1. The lowest BCUT2D eigenvalue weighted by molar-refractivity contribution is -0.139. The number of carbonyl (C=O) groups is 1. The van der Waals surface area contributed by atoms with Crippen LogP contribution in [0.5, 0.6) is 0 Å². The molecule has 17 heavy (non-hydrogen) atoms. The fourth-order valence-electron chi connectivity index (χ4n) is 1.34. The van der Waals surface area contributed by atoms with Gasteiger partial charge in [0.2, 0.25) is 0 Å². The second-order valence-corrected chi connectivity index (χ2v) is 4.09. The van der Waals surface area contributed by atoms with Crippen molar-refractivity contribution in [3.63, 3.8) is 0 Å². The molecule has 0 spiro atoms.